The SMILES string of the molecule is Cc1cc(Cn2cnc(Cl)n2)on1. The number of aromatic nitrogens is 4. The fourth-order valence-electron chi connectivity index (χ4n) is 0.999. The predicted octanol–water partition coefficient (Wildman–Crippen LogP) is 1.28. The molecule has 2 heterocycles. The lowest BCUT2D eigenvalue weighted by molar-refractivity contribution is 0.368. The van der Waals surface area contributed by atoms with Gasteiger partial charge in [-0.2, -0.15) is 0 Å². The van der Waals surface area contributed by atoms with E-state index >= 15 is 0 Å². The molecule has 2 aromatic heterocycles. The topological polar surface area (TPSA) is 56.7 Å². The molecule has 0 aliphatic carbocycles. The highest BCUT2D eigenvalue weighted by Crippen LogP contribution is 2.05. The number of halogens is 1. The fourth-order valence-corrected chi connectivity index (χ4v) is 1.14. The van der Waals surface area contributed by atoms with Crippen LogP contribution in [0.4, 0.5) is 0 Å². The minimum absolute atomic E-state index is 0.233. The molecule has 0 fully saturated rings. The summed E-state index contributed by atoms with van der Waals surface area (Å²) in [5.41, 5.74) is 0.848. The highest BCUT2D eigenvalue weighted by Gasteiger charge is 2.03. The summed E-state index contributed by atoms with van der Waals surface area (Å²) in [5, 5.41) is 7.88. The van der Waals surface area contributed by atoms with E-state index in [1.165, 1.54) is 0 Å². The van der Waals surface area contributed by atoms with E-state index in [4.69, 9.17) is 16.1 Å². The van der Waals surface area contributed by atoms with Gasteiger partial charge in [-0.05, 0) is 18.5 Å². The van der Waals surface area contributed by atoms with Gasteiger partial charge in [0.15, 0.2) is 5.76 Å². The first-order chi connectivity index (χ1) is 6.24. The fraction of sp³-hybridized carbons (Fsp3) is 0.286. The van der Waals surface area contributed by atoms with Crippen molar-refractivity contribution in [1.82, 2.24) is 19.9 Å². The molecule has 0 atom stereocenters. The normalized spacial score (nSPS) is 10.6. The summed E-state index contributed by atoms with van der Waals surface area (Å²) in [5.74, 6) is 0.735. The Morgan fingerprint density at radius 3 is 3.00 bits per heavy atom. The van der Waals surface area contributed by atoms with Crippen molar-refractivity contribution in [2.45, 2.75) is 13.5 Å². The first-order valence-corrected chi connectivity index (χ1v) is 4.09. The number of hydrogen-bond donors (Lipinski definition) is 0. The van der Waals surface area contributed by atoms with Crippen LogP contribution in [0.3, 0.4) is 0 Å². The molecule has 2 rings (SSSR count). The second-order valence-electron chi connectivity index (χ2n) is 2.65. The van der Waals surface area contributed by atoms with Crippen LogP contribution in [0.5, 0.6) is 0 Å². The minimum atomic E-state index is 0.233. The molecule has 0 bridgehead atoms. The molecular formula is C7H7ClN4O. The third kappa shape index (κ3) is 1.86. The van der Waals surface area contributed by atoms with Crippen LogP contribution in [-0.4, -0.2) is 19.9 Å². The van der Waals surface area contributed by atoms with Crippen molar-refractivity contribution in [2.75, 3.05) is 0 Å². The maximum absolute atomic E-state index is 5.54. The van der Waals surface area contributed by atoms with Crippen LogP contribution in [-0.2, 0) is 6.54 Å². The lowest BCUT2D eigenvalue weighted by atomic mass is 10.4. The van der Waals surface area contributed by atoms with Crippen LogP contribution >= 0.6 is 11.6 Å². The van der Waals surface area contributed by atoms with E-state index in [1.54, 1.807) is 11.0 Å². The Morgan fingerprint density at radius 1 is 1.62 bits per heavy atom. The summed E-state index contributed by atoms with van der Waals surface area (Å²) in [7, 11) is 0. The summed E-state index contributed by atoms with van der Waals surface area (Å²) in [6.07, 6.45) is 1.54. The molecular weight excluding hydrogens is 192 g/mol. The molecule has 0 aliphatic rings. The number of hydrogen-bond acceptors (Lipinski definition) is 4. The van der Waals surface area contributed by atoms with Gasteiger partial charge < -0.3 is 4.52 Å². The summed E-state index contributed by atoms with van der Waals surface area (Å²) < 4.78 is 6.58. The molecule has 6 heteroatoms. The van der Waals surface area contributed by atoms with Crippen LogP contribution < -0.4 is 0 Å². The van der Waals surface area contributed by atoms with Crippen LogP contribution in [0.25, 0.3) is 0 Å². The molecule has 2 aromatic rings. The van der Waals surface area contributed by atoms with Crippen molar-refractivity contribution in [1.29, 1.82) is 0 Å². The summed E-state index contributed by atoms with van der Waals surface area (Å²) in [6.45, 7) is 2.36. The molecule has 0 radical (unpaired) electrons. The molecule has 5 nitrogen and oxygen atoms in total. The lowest BCUT2D eigenvalue weighted by Crippen LogP contribution is -1.98. The van der Waals surface area contributed by atoms with Gasteiger partial charge in [-0.1, -0.05) is 5.16 Å². The summed E-state index contributed by atoms with van der Waals surface area (Å²) in [4.78, 5) is 3.77. The van der Waals surface area contributed by atoms with E-state index < -0.39 is 0 Å². The van der Waals surface area contributed by atoms with Gasteiger partial charge in [-0.15, -0.1) is 5.10 Å². The van der Waals surface area contributed by atoms with Gasteiger partial charge in [0, 0.05) is 6.07 Å². The average molecular weight is 199 g/mol. The second kappa shape index (κ2) is 3.18. The minimum Gasteiger partial charge on any atom is -0.359 e. The van der Waals surface area contributed by atoms with Crippen molar-refractivity contribution in [2.24, 2.45) is 0 Å². The van der Waals surface area contributed by atoms with Crippen molar-refractivity contribution in [3.63, 3.8) is 0 Å². The van der Waals surface area contributed by atoms with E-state index in [2.05, 4.69) is 15.2 Å². The van der Waals surface area contributed by atoms with Gasteiger partial charge in [0.1, 0.15) is 12.9 Å². The zero-order valence-electron chi connectivity index (χ0n) is 6.94. The van der Waals surface area contributed by atoms with Crippen molar-refractivity contribution in [3.8, 4) is 0 Å². The number of aryl methyl sites for hydroxylation is 1. The molecule has 0 saturated heterocycles. The lowest BCUT2D eigenvalue weighted by Gasteiger charge is -1.92. The predicted molar refractivity (Wildman–Crippen MR) is 45.4 cm³/mol. The Hall–Kier alpha value is -1.36. The molecule has 0 aliphatic heterocycles. The van der Waals surface area contributed by atoms with E-state index in [0.29, 0.717) is 6.54 Å². The third-order valence-corrected chi connectivity index (χ3v) is 1.68. The largest absolute Gasteiger partial charge is 0.359 e. The van der Waals surface area contributed by atoms with Gasteiger partial charge >= 0.3 is 0 Å². The monoisotopic (exact) mass is 198 g/mol. The summed E-state index contributed by atoms with van der Waals surface area (Å²) in [6, 6.07) is 1.84. The standard InChI is InChI=1S/C7H7ClN4O/c1-5-2-6(13-11-5)3-12-4-9-7(8)10-12/h2,4H,3H2,1H3. The molecule has 0 unspecified atom stereocenters. The molecule has 0 N–H and O–H groups in total. The Bertz CT molecular complexity index is 370. The maximum atomic E-state index is 5.54. The first kappa shape index (κ1) is 8.25. The summed E-state index contributed by atoms with van der Waals surface area (Å²) >= 11 is 5.54. The Balaban J connectivity index is 2.14. The molecule has 13 heavy (non-hydrogen) atoms. The van der Waals surface area contributed by atoms with Crippen LogP contribution in [0.15, 0.2) is 16.9 Å². The molecule has 0 amide bonds. The van der Waals surface area contributed by atoms with Gasteiger partial charge in [0.25, 0.3) is 0 Å². The maximum Gasteiger partial charge on any atom is 0.242 e. The number of rotatable bonds is 2. The zero-order valence-corrected chi connectivity index (χ0v) is 7.69. The van der Waals surface area contributed by atoms with E-state index in [0.717, 1.165) is 11.5 Å². The smallest absolute Gasteiger partial charge is 0.242 e. The number of nitrogens with zero attached hydrogens (tertiary/aromatic N) is 4. The van der Waals surface area contributed by atoms with Gasteiger partial charge in [0.05, 0.1) is 5.69 Å². The second-order valence-corrected chi connectivity index (χ2v) is 2.98. The van der Waals surface area contributed by atoms with Crippen LogP contribution in [0.2, 0.25) is 5.28 Å². The quantitative estimate of drug-likeness (QED) is 0.730. The van der Waals surface area contributed by atoms with Crippen LogP contribution in [0, 0.1) is 6.92 Å². The van der Waals surface area contributed by atoms with Gasteiger partial charge in [-0.3, -0.25) is 0 Å². The average Bonchev–Trinajstić information content (AvgIpc) is 2.62. The van der Waals surface area contributed by atoms with E-state index in [-0.39, 0.29) is 5.28 Å². The molecule has 0 spiro atoms. The molecule has 68 valence electrons. The third-order valence-electron chi connectivity index (χ3n) is 1.50. The zero-order chi connectivity index (χ0) is 9.26. The first-order valence-electron chi connectivity index (χ1n) is 3.71. The highest BCUT2D eigenvalue weighted by molar-refractivity contribution is 6.28. The molecule has 0 aromatic carbocycles. The molecule has 0 saturated carbocycles. The van der Waals surface area contributed by atoms with Crippen molar-refractivity contribution >= 4 is 11.6 Å². The Morgan fingerprint density at radius 2 is 2.46 bits per heavy atom. The Kier molecular flexibility index (Phi) is 2.02. The van der Waals surface area contributed by atoms with Crippen LogP contribution in [0.1, 0.15) is 11.5 Å². The Labute approximate surface area is 79.3 Å². The van der Waals surface area contributed by atoms with E-state index in [1.807, 2.05) is 13.0 Å². The van der Waals surface area contributed by atoms with Crippen molar-refractivity contribution in [3.05, 3.63) is 29.1 Å². The van der Waals surface area contributed by atoms with Gasteiger partial charge in [0.2, 0.25) is 5.28 Å². The van der Waals surface area contributed by atoms with Gasteiger partial charge in [-0.25, -0.2) is 9.67 Å². The van der Waals surface area contributed by atoms with E-state index in [9.17, 15) is 0 Å². The van der Waals surface area contributed by atoms with Crippen molar-refractivity contribution < 1.29 is 4.52 Å². The highest BCUT2D eigenvalue weighted by atomic mass is 35.5.